The lowest BCUT2D eigenvalue weighted by Crippen LogP contribution is -2.06. The summed E-state index contributed by atoms with van der Waals surface area (Å²) in [5, 5.41) is 9.89. The zero-order chi connectivity index (χ0) is 36.0. The Kier molecular flexibility index (Phi) is 13.8. The zero-order valence-electron chi connectivity index (χ0n) is 25.3. The lowest BCUT2D eigenvalue weighted by Gasteiger charge is -2.09. The van der Waals surface area contributed by atoms with E-state index in [1.165, 1.54) is 24.3 Å². The predicted octanol–water partition coefficient (Wildman–Crippen LogP) is 7.54. The largest absolute Gasteiger partial charge is 0.478 e. The molecule has 4 aromatic carbocycles. The summed E-state index contributed by atoms with van der Waals surface area (Å²) in [6, 6.07) is 28.7. The van der Waals surface area contributed by atoms with Gasteiger partial charge in [-0.25, -0.2) is 18.6 Å². The summed E-state index contributed by atoms with van der Waals surface area (Å²) in [5.74, 6) is 1.04. The van der Waals surface area contributed by atoms with Crippen molar-refractivity contribution in [3.8, 4) is 23.0 Å². The molecule has 6 aromatic rings. The summed E-state index contributed by atoms with van der Waals surface area (Å²) in [7, 11) is 7.36. The minimum absolute atomic E-state index is 0.0310. The second-order valence-corrected chi connectivity index (χ2v) is 12.4. The first-order chi connectivity index (χ1) is 24.0. The van der Waals surface area contributed by atoms with Crippen LogP contribution in [0.2, 0.25) is 0 Å². The van der Waals surface area contributed by atoms with Crippen LogP contribution in [0.1, 0.15) is 20.7 Å². The zero-order valence-corrected chi connectivity index (χ0v) is 28.4. The van der Waals surface area contributed by atoms with Crippen molar-refractivity contribution in [1.29, 1.82) is 0 Å². The number of fused-ring (bicyclic) bond motifs is 2. The monoisotopic (exact) mass is 760 g/mol. The van der Waals surface area contributed by atoms with Gasteiger partial charge >= 0.3 is 17.2 Å². The molecule has 0 radical (unpaired) electrons. The fourth-order valence-corrected chi connectivity index (χ4v) is 4.09. The van der Waals surface area contributed by atoms with Gasteiger partial charge in [0, 0.05) is 62.0 Å². The second kappa shape index (κ2) is 18.4. The van der Waals surface area contributed by atoms with Gasteiger partial charge in [-0.2, -0.15) is 0 Å². The summed E-state index contributed by atoms with van der Waals surface area (Å²) in [4.78, 5) is 44.1. The van der Waals surface area contributed by atoms with Crippen molar-refractivity contribution in [2.24, 2.45) is 0 Å². The van der Waals surface area contributed by atoms with Crippen LogP contribution in [0.15, 0.2) is 128 Å². The highest BCUT2D eigenvalue weighted by molar-refractivity contribution is 8.26. The molecule has 0 bridgehead atoms. The molecule has 0 unspecified atom stereocenters. The summed E-state index contributed by atoms with van der Waals surface area (Å²) in [5.41, 5.74) is 0.609. The number of carboxylic acid groups (broad SMARTS) is 1. The van der Waals surface area contributed by atoms with Crippen molar-refractivity contribution in [2.45, 2.75) is 0 Å². The molecule has 0 saturated heterocycles. The van der Waals surface area contributed by atoms with Crippen LogP contribution in [0.25, 0.3) is 21.9 Å². The van der Waals surface area contributed by atoms with Crippen LogP contribution in [0.4, 0.5) is 0 Å². The molecule has 258 valence electrons. The van der Waals surface area contributed by atoms with E-state index in [1.807, 2.05) is 0 Å². The van der Waals surface area contributed by atoms with E-state index in [9.17, 15) is 19.2 Å². The van der Waals surface area contributed by atoms with E-state index in [-0.39, 0.29) is 19.1 Å². The first-order valence-electron chi connectivity index (χ1n) is 13.9. The van der Waals surface area contributed by atoms with Crippen LogP contribution >= 0.6 is 33.0 Å². The minimum atomic E-state index is -1.67. The van der Waals surface area contributed by atoms with E-state index in [4.69, 9.17) is 48.7 Å². The fourth-order valence-electron chi connectivity index (χ4n) is 3.97. The number of ether oxygens (including phenoxy) is 4. The van der Waals surface area contributed by atoms with Crippen molar-refractivity contribution in [1.82, 2.24) is 0 Å². The molecule has 0 aliphatic heterocycles. The molecule has 0 spiro atoms. The number of rotatable bonds is 10. The first kappa shape index (κ1) is 37.5. The maximum absolute atomic E-state index is 11.2. The summed E-state index contributed by atoms with van der Waals surface area (Å²) in [6.07, 6.45) is 0. The molecule has 12 nitrogen and oxygen atoms in total. The minimum Gasteiger partial charge on any atom is -0.478 e. The number of benzene rings is 4. The van der Waals surface area contributed by atoms with Gasteiger partial charge in [-0.1, -0.05) is 0 Å². The normalized spacial score (nSPS) is 10.3. The highest BCUT2D eigenvalue weighted by Gasteiger charge is 2.05. The van der Waals surface area contributed by atoms with E-state index < -0.39 is 31.7 Å². The van der Waals surface area contributed by atoms with Crippen molar-refractivity contribution in [2.75, 3.05) is 13.6 Å². The van der Waals surface area contributed by atoms with Crippen molar-refractivity contribution in [3.05, 3.63) is 141 Å². The van der Waals surface area contributed by atoms with Crippen molar-refractivity contribution in [3.63, 3.8) is 0 Å². The molecule has 2 aromatic heterocycles. The standard InChI is InChI=1S/C17H11ClO5.C17H12O6.Cl2OS/c18-17(20)12-2-5-13(6-3-12)21-10-22-14-7-1-11-4-8-16(19)23-15(11)9-14;18-16-8-4-11-1-7-14(9-15(11)23-16)22-10-21-13-5-2-12(3-6-13)17(19)20;1-4(2)3/h1-9H,10H2;1-9H,10H2,(H,19,20);. The SMILES string of the molecule is O=C(Cl)c1ccc(OCOc2ccc3ccc(=O)oc3c2)cc1.O=C(O)c1ccc(OCOc2ccc3ccc(=O)oc3c2)cc1.O=S(Cl)Cl. The van der Waals surface area contributed by atoms with Crippen LogP contribution in [-0.4, -0.2) is 34.1 Å². The molecule has 0 aliphatic rings. The Morgan fingerprint density at radius 3 is 1.30 bits per heavy atom. The highest BCUT2D eigenvalue weighted by atomic mass is 36.0. The van der Waals surface area contributed by atoms with E-state index in [1.54, 1.807) is 84.9 Å². The van der Waals surface area contributed by atoms with E-state index in [0.29, 0.717) is 39.7 Å². The van der Waals surface area contributed by atoms with Crippen LogP contribution in [0, 0.1) is 0 Å². The number of hydrogen-bond acceptors (Lipinski definition) is 11. The maximum Gasteiger partial charge on any atom is 0.336 e. The van der Waals surface area contributed by atoms with Gasteiger partial charge in [-0.15, -0.1) is 0 Å². The molecule has 50 heavy (non-hydrogen) atoms. The van der Waals surface area contributed by atoms with Gasteiger partial charge in [0.25, 0.3) is 5.24 Å². The van der Waals surface area contributed by atoms with E-state index >= 15 is 0 Å². The lowest BCUT2D eigenvalue weighted by atomic mass is 10.2. The number of halogens is 3. The number of hydrogen-bond donors (Lipinski definition) is 1. The predicted molar refractivity (Wildman–Crippen MR) is 187 cm³/mol. The van der Waals surface area contributed by atoms with Crippen LogP contribution in [-0.2, 0) is 9.23 Å². The van der Waals surface area contributed by atoms with Gasteiger partial charge in [0.05, 0.1) is 5.56 Å². The molecule has 0 saturated carbocycles. The van der Waals surface area contributed by atoms with Gasteiger partial charge in [-0.3, -0.25) is 4.79 Å². The highest BCUT2D eigenvalue weighted by Crippen LogP contribution is 2.21. The van der Waals surface area contributed by atoms with Crippen LogP contribution < -0.4 is 30.2 Å². The van der Waals surface area contributed by atoms with Gasteiger partial charge in [-0.05, 0) is 96.5 Å². The average Bonchev–Trinajstić information content (AvgIpc) is 3.08. The van der Waals surface area contributed by atoms with E-state index in [2.05, 4.69) is 21.4 Å². The second-order valence-electron chi connectivity index (χ2n) is 9.53. The molecule has 0 amide bonds. The third kappa shape index (κ3) is 12.0. The number of carbonyl (C=O) groups is 2. The average molecular weight is 762 g/mol. The Morgan fingerprint density at radius 1 is 0.580 bits per heavy atom. The Morgan fingerprint density at radius 2 is 0.920 bits per heavy atom. The lowest BCUT2D eigenvalue weighted by molar-refractivity contribution is 0.0696. The molecular weight excluding hydrogens is 739 g/mol. The summed E-state index contributed by atoms with van der Waals surface area (Å²) < 4.78 is 40.9. The molecule has 0 fully saturated rings. The van der Waals surface area contributed by atoms with Gasteiger partial charge in [0.2, 0.25) is 22.8 Å². The molecule has 6 rings (SSSR count). The molecule has 1 N–H and O–H groups in total. The Labute approximate surface area is 298 Å². The smallest absolute Gasteiger partial charge is 0.336 e. The molecule has 16 heteroatoms. The Hall–Kier alpha value is -5.34. The third-order valence-corrected chi connectivity index (χ3v) is 6.49. The molecular formula is C34H23Cl3O12S. The summed E-state index contributed by atoms with van der Waals surface area (Å²) in [6.45, 7) is -0.0915. The topological polar surface area (TPSA) is 169 Å². The fraction of sp³-hybridized carbons (Fsp3) is 0.0588. The number of carbonyl (C=O) groups excluding carboxylic acids is 1. The summed E-state index contributed by atoms with van der Waals surface area (Å²) >= 11 is 5.36. The van der Waals surface area contributed by atoms with Gasteiger partial charge < -0.3 is 32.9 Å². The number of carboxylic acids is 1. The Bertz CT molecular complexity index is 2060. The molecule has 2 heterocycles. The van der Waals surface area contributed by atoms with Crippen LogP contribution in [0.3, 0.4) is 0 Å². The first-order valence-corrected chi connectivity index (χ1v) is 17.1. The van der Waals surface area contributed by atoms with Crippen molar-refractivity contribution >= 4 is 75.3 Å². The number of aromatic carboxylic acids is 1. The maximum atomic E-state index is 11.2. The molecule has 0 aliphatic carbocycles. The van der Waals surface area contributed by atoms with E-state index in [0.717, 1.165) is 10.8 Å². The van der Waals surface area contributed by atoms with Gasteiger partial charge in [0.15, 0.2) is 0 Å². The van der Waals surface area contributed by atoms with Gasteiger partial charge in [0.1, 0.15) is 34.2 Å². The third-order valence-electron chi connectivity index (χ3n) is 6.27. The van der Waals surface area contributed by atoms with Crippen molar-refractivity contribution < 1.29 is 46.7 Å². The quantitative estimate of drug-likeness (QED) is 0.0828. The Balaban J connectivity index is 0.000000203. The van der Waals surface area contributed by atoms with Crippen LogP contribution in [0.5, 0.6) is 23.0 Å². The molecule has 0 atom stereocenters.